The van der Waals surface area contributed by atoms with Crippen LogP contribution in [-0.2, 0) is 14.2 Å². The molecule has 8 heteroatoms. The summed E-state index contributed by atoms with van der Waals surface area (Å²) in [5, 5.41) is 2.39. The van der Waals surface area contributed by atoms with Gasteiger partial charge in [0, 0.05) is 6.07 Å². The van der Waals surface area contributed by atoms with Gasteiger partial charge in [0.2, 0.25) is 0 Å². The Labute approximate surface area is 194 Å². The molecule has 0 fully saturated rings. The van der Waals surface area contributed by atoms with Gasteiger partial charge in [0.15, 0.2) is 10.6 Å². The number of hydrogen-bond acceptors (Lipinski definition) is 8. The van der Waals surface area contributed by atoms with Crippen LogP contribution >= 0.6 is 35.3 Å². The minimum absolute atomic E-state index is 0.0372. The highest BCUT2D eigenvalue weighted by Crippen LogP contribution is 2.34. The zero-order chi connectivity index (χ0) is 22.2. The highest BCUT2D eigenvalue weighted by Gasteiger charge is 2.19. The molecule has 0 saturated heterocycles. The molecule has 0 aliphatic heterocycles. The Kier molecular flexibility index (Phi) is 14.7. The van der Waals surface area contributed by atoms with E-state index in [1.807, 2.05) is 6.07 Å². The first-order chi connectivity index (χ1) is 14.6. The van der Waals surface area contributed by atoms with Crippen molar-refractivity contribution >= 4 is 35.3 Å². The summed E-state index contributed by atoms with van der Waals surface area (Å²) in [6, 6.07) is 1.99. The predicted octanol–water partition coefficient (Wildman–Crippen LogP) is 7.61. The largest absolute Gasteiger partial charge is 0.488 e. The van der Waals surface area contributed by atoms with Crippen molar-refractivity contribution in [3.63, 3.8) is 0 Å². The number of aromatic nitrogens is 2. The van der Waals surface area contributed by atoms with Crippen LogP contribution in [0.25, 0.3) is 0 Å². The summed E-state index contributed by atoms with van der Waals surface area (Å²) in [7, 11) is 0. The molecular weight excluding hydrogens is 436 g/mol. The van der Waals surface area contributed by atoms with E-state index in [4.69, 9.17) is 24.2 Å². The van der Waals surface area contributed by atoms with Crippen molar-refractivity contribution in [2.75, 3.05) is 0 Å². The Morgan fingerprint density at radius 1 is 0.733 bits per heavy atom. The molecule has 3 unspecified atom stereocenters. The highest BCUT2D eigenvalue weighted by atomic mass is 32.2. The second-order valence-corrected chi connectivity index (χ2v) is 9.73. The molecule has 0 radical (unpaired) electrons. The summed E-state index contributed by atoms with van der Waals surface area (Å²) in [5.74, 6) is 0. The van der Waals surface area contributed by atoms with Crippen LogP contribution < -0.4 is 0 Å². The molecule has 0 bridgehead atoms. The molecule has 0 amide bonds. The fraction of sp³-hybridized carbons (Fsp3) is 0.545. The molecule has 0 saturated carbocycles. The van der Waals surface area contributed by atoms with Crippen LogP contribution in [0.2, 0.25) is 0 Å². The maximum atomic E-state index is 5.66. The van der Waals surface area contributed by atoms with E-state index >= 15 is 0 Å². The molecule has 168 valence electrons. The number of rotatable bonds is 18. The van der Waals surface area contributed by atoms with E-state index in [2.05, 4.69) is 40.5 Å². The summed E-state index contributed by atoms with van der Waals surface area (Å²) < 4.78 is 17.0. The first kappa shape index (κ1) is 26.8. The van der Waals surface area contributed by atoms with E-state index in [9.17, 15) is 0 Å². The second kappa shape index (κ2) is 16.4. The lowest BCUT2D eigenvalue weighted by atomic mass is 10.4. The van der Waals surface area contributed by atoms with E-state index in [0.29, 0.717) is 5.16 Å². The predicted molar refractivity (Wildman–Crippen MR) is 130 cm³/mol. The quantitative estimate of drug-likeness (QED) is 0.0714. The average Bonchev–Trinajstić information content (AvgIpc) is 2.69. The standard InChI is InChI=1S/C22H34N2O3S3/c1-7-13-19(25-10-4)28-17-16-18(29-20(14-8-2)26-11-5)24-22(23-17)30-21(15-9-3)27-12-6/h10-12,16,19-21H,4-9,13-15H2,1-3H3. The van der Waals surface area contributed by atoms with Gasteiger partial charge in [-0.15, -0.1) is 0 Å². The fourth-order valence-corrected chi connectivity index (χ4v) is 5.80. The van der Waals surface area contributed by atoms with Crippen LogP contribution in [0.4, 0.5) is 0 Å². The average molecular weight is 471 g/mol. The van der Waals surface area contributed by atoms with Gasteiger partial charge in [0.1, 0.15) is 20.9 Å². The normalized spacial score (nSPS) is 13.7. The lowest BCUT2D eigenvalue weighted by Gasteiger charge is -2.19. The lowest BCUT2D eigenvalue weighted by molar-refractivity contribution is 0.212. The van der Waals surface area contributed by atoms with Crippen LogP contribution in [-0.4, -0.2) is 26.3 Å². The maximum absolute atomic E-state index is 5.66. The molecular formula is C22H34N2O3S3. The molecule has 30 heavy (non-hydrogen) atoms. The van der Waals surface area contributed by atoms with Crippen molar-refractivity contribution in [3.8, 4) is 0 Å². The number of thioether (sulfide) groups is 3. The van der Waals surface area contributed by atoms with Gasteiger partial charge in [-0.2, -0.15) is 0 Å². The Morgan fingerprint density at radius 3 is 1.43 bits per heavy atom. The molecule has 0 spiro atoms. The molecule has 0 aliphatic carbocycles. The van der Waals surface area contributed by atoms with E-state index < -0.39 is 0 Å². The van der Waals surface area contributed by atoms with Crippen LogP contribution in [0.15, 0.2) is 59.8 Å². The highest BCUT2D eigenvalue weighted by molar-refractivity contribution is 8.01. The fourth-order valence-electron chi connectivity index (χ4n) is 2.44. The topological polar surface area (TPSA) is 53.5 Å². The van der Waals surface area contributed by atoms with E-state index in [1.54, 1.807) is 23.5 Å². The molecule has 1 aromatic heterocycles. The third kappa shape index (κ3) is 10.7. The summed E-state index contributed by atoms with van der Waals surface area (Å²) >= 11 is 4.67. The number of hydrogen-bond donors (Lipinski definition) is 0. The van der Waals surface area contributed by atoms with Crippen LogP contribution in [0.5, 0.6) is 0 Å². The summed E-state index contributed by atoms with van der Waals surface area (Å²) in [4.78, 5) is 9.51. The summed E-state index contributed by atoms with van der Waals surface area (Å²) in [6.07, 6.45) is 10.2. The van der Waals surface area contributed by atoms with Gasteiger partial charge in [0.05, 0.1) is 18.8 Å². The number of nitrogens with zero attached hydrogens (tertiary/aromatic N) is 2. The van der Waals surface area contributed by atoms with Crippen molar-refractivity contribution in [1.82, 2.24) is 9.97 Å². The van der Waals surface area contributed by atoms with Gasteiger partial charge < -0.3 is 14.2 Å². The SMILES string of the molecule is C=COC(CCC)Sc1cc(SC(CCC)OC=C)nc(SC(CCC)OC=C)n1. The minimum Gasteiger partial charge on any atom is -0.488 e. The third-order valence-electron chi connectivity index (χ3n) is 3.72. The zero-order valence-electron chi connectivity index (χ0n) is 18.2. The van der Waals surface area contributed by atoms with E-state index in [1.165, 1.54) is 30.5 Å². The van der Waals surface area contributed by atoms with Gasteiger partial charge in [-0.05, 0) is 31.0 Å². The van der Waals surface area contributed by atoms with Crippen LogP contribution in [0.1, 0.15) is 59.3 Å². The van der Waals surface area contributed by atoms with Crippen molar-refractivity contribution < 1.29 is 14.2 Å². The summed E-state index contributed by atoms with van der Waals surface area (Å²) in [6.45, 7) is 17.5. The summed E-state index contributed by atoms with van der Waals surface area (Å²) in [5.41, 5.74) is -0.146. The van der Waals surface area contributed by atoms with Gasteiger partial charge in [-0.25, -0.2) is 9.97 Å². The first-order valence-electron chi connectivity index (χ1n) is 10.3. The van der Waals surface area contributed by atoms with Crippen molar-refractivity contribution in [1.29, 1.82) is 0 Å². The lowest BCUT2D eigenvalue weighted by Crippen LogP contribution is -2.09. The molecule has 1 rings (SSSR count). The molecule has 0 N–H and O–H groups in total. The smallest absolute Gasteiger partial charge is 0.193 e. The van der Waals surface area contributed by atoms with Gasteiger partial charge in [-0.3, -0.25) is 0 Å². The molecule has 0 aromatic carbocycles. The van der Waals surface area contributed by atoms with Gasteiger partial charge in [0.25, 0.3) is 0 Å². The molecule has 1 heterocycles. The Bertz CT molecular complexity index is 548. The van der Waals surface area contributed by atoms with Gasteiger partial charge in [-0.1, -0.05) is 83.3 Å². The van der Waals surface area contributed by atoms with Crippen molar-refractivity contribution in [3.05, 3.63) is 44.6 Å². The Hall–Kier alpha value is -1.25. The Morgan fingerprint density at radius 2 is 1.10 bits per heavy atom. The van der Waals surface area contributed by atoms with Crippen LogP contribution in [0, 0.1) is 0 Å². The molecule has 0 aliphatic rings. The van der Waals surface area contributed by atoms with Crippen molar-refractivity contribution in [2.45, 2.75) is 90.8 Å². The first-order valence-corrected chi connectivity index (χ1v) is 12.9. The van der Waals surface area contributed by atoms with E-state index in [0.717, 1.165) is 48.6 Å². The Balaban J connectivity index is 3.15. The van der Waals surface area contributed by atoms with E-state index in [-0.39, 0.29) is 16.3 Å². The minimum atomic E-state index is -0.0719. The second-order valence-electron chi connectivity index (χ2n) is 6.24. The zero-order valence-corrected chi connectivity index (χ0v) is 20.7. The maximum Gasteiger partial charge on any atom is 0.193 e. The van der Waals surface area contributed by atoms with Crippen molar-refractivity contribution in [2.24, 2.45) is 0 Å². The van der Waals surface area contributed by atoms with Gasteiger partial charge >= 0.3 is 0 Å². The molecule has 5 nitrogen and oxygen atoms in total. The monoisotopic (exact) mass is 470 g/mol. The third-order valence-corrected chi connectivity index (χ3v) is 6.84. The van der Waals surface area contributed by atoms with Crippen LogP contribution in [0.3, 0.4) is 0 Å². The number of ether oxygens (including phenoxy) is 3. The molecule has 3 atom stereocenters. The molecule has 1 aromatic rings.